The molecule has 1 aromatic rings. The van der Waals surface area contributed by atoms with Crippen molar-refractivity contribution < 1.29 is 42.7 Å². The number of carbonyl (C=O) groups excluding carboxylic acids is 2. The maximum atomic E-state index is 13.1. The number of Topliss-reactive ketones (excluding diaryl/α,β-unsaturated/α-hetero) is 2. The van der Waals surface area contributed by atoms with Crippen LogP contribution in [0.15, 0.2) is 28.9 Å². The Balaban J connectivity index is 2.08. The van der Waals surface area contributed by atoms with Gasteiger partial charge in [0.25, 0.3) is 5.78 Å². The Morgan fingerprint density at radius 1 is 0.767 bits per heavy atom. The fraction of sp³-hybridized carbons (Fsp3) is 0.429. The van der Waals surface area contributed by atoms with Crippen molar-refractivity contribution in [2.24, 2.45) is 5.92 Å². The summed E-state index contributed by atoms with van der Waals surface area (Å²) in [6.45, 7) is 0.124. The van der Waals surface area contributed by atoms with Crippen LogP contribution in [0.5, 0.6) is 23.0 Å². The average molecular weight is 420 g/mol. The second-order valence-corrected chi connectivity index (χ2v) is 6.52. The van der Waals surface area contributed by atoms with Crippen molar-refractivity contribution in [3.05, 3.63) is 34.5 Å². The standard InChI is InChI=1S/C21H24O9/c1-24-12-8-10-7-11(9-30-16(10)21(29-6)17(12)25-2)13-14(22)19(27-4)20(28-5)15(23)18(13)26-3/h8,11H,7,9H2,1-6H3. The second-order valence-electron chi connectivity index (χ2n) is 6.52. The largest absolute Gasteiger partial charge is 0.493 e. The first-order valence-corrected chi connectivity index (χ1v) is 9.11. The van der Waals surface area contributed by atoms with E-state index >= 15 is 0 Å². The maximum absolute atomic E-state index is 13.1. The zero-order valence-electron chi connectivity index (χ0n) is 17.7. The van der Waals surface area contributed by atoms with E-state index < -0.39 is 17.5 Å². The Morgan fingerprint density at radius 3 is 1.90 bits per heavy atom. The van der Waals surface area contributed by atoms with Gasteiger partial charge in [-0.05, 0) is 12.5 Å². The Morgan fingerprint density at radius 2 is 1.37 bits per heavy atom. The lowest BCUT2D eigenvalue weighted by Gasteiger charge is -2.31. The lowest BCUT2D eigenvalue weighted by atomic mass is 9.83. The highest BCUT2D eigenvalue weighted by Gasteiger charge is 2.43. The van der Waals surface area contributed by atoms with Gasteiger partial charge < -0.3 is 33.2 Å². The first-order chi connectivity index (χ1) is 14.5. The van der Waals surface area contributed by atoms with E-state index in [0.717, 1.165) is 5.56 Å². The molecule has 1 atom stereocenters. The molecular weight excluding hydrogens is 396 g/mol. The first kappa shape index (κ1) is 21.4. The molecule has 0 spiro atoms. The van der Waals surface area contributed by atoms with Crippen LogP contribution in [-0.4, -0.2) is 60.8 Å². The number of allylic oxidation sites excluding steroid dienone is 1. The fourth-order valence-electron chi connectivity index (χ4n) is 3.79. The monoisotopic (exact) mass is 420 g/mol. The molecule has 1 aliphatic heterocycles. The number of rotatable bonds is 7. The van der Waals surface area contributed by atoms with Gasteiger partial charge in [-0.25, -0.2) is 0 Å². The molecule has 2 aliphatic rings. The third-order valence-corrected chi connectivity index (χ3v) is 5.09. The first-order valence-electron chi connectivity index (χ1n) is 9.11. The van der Waals surface area contributed by atoms with E-state index in [4.69, 9.17) is 33.2 Å². The minimum atomic E-state index is -0.554. The van der Waals surface area contributed by atoms with Gasteiger partial charge in [0.15, 0.2) is 17.3 Å². The summed E-state index contributed by atoms with van der Waals surface area (Å²) >= 11 is 0. The predicted molar refractivity (Wildman–Crippen MR) is 104 cm³/mol. The molecule has 162 valence electrons. The smallest absolute Gasteiger partial charge is 0.266 e. The van der Waals surface area contributed by atoms with E-state index in [0.29, 0.717) is 29.4 Å². The summed E-state index contributed by atoms with van der Waals surface area (Å²) in [7, 11) is 8.46. The minimum absolute atomic E-state index is 0.0814. The van der Waals surface area contributed by atoms with Crippen LogP contribution in [0.25, 0.3) is 0 Å². The highest BCUT2D eigenvalue weighted by atomic mass is 16.5. The van der Waals surface area contributed by atoms with Crippen molar-refractivity contribution in [3.63, 3.8) is 0 Å². The van der Waals surface area contributed by atoms with E-state index in [1.807, 2.05) is 0 Å². The minimum Gasteiger partial charge on any atom is -0.493 e. The topological polar surface area (TPSA) is 98.8 Å². The molecule has 9 heteroatoms. The lowest BCUT2D eigenvalue weighted by Crippen LogP contribution is -2.34. The third-order valence-electron chi connectivity index (χ3n) is 5.09. The molecule has 1 unspecified atom stereocenters. The van der Waals surface area contributed by atoms with Crippen LogP contribution < -0.4 is 18.9 Å². The van der Waals surface area contributed by atoms with Crippen LogP contribution in [-0.2, 0) is 30.2 Å². The molecule has 9 nitrogen and oxygen atoms in total. The quantitative estimate of drug-likeness (QED) is 0.612. The Kier molecular flexibility index (Phi) is 6.09. The summed E-state index contributed by atoms with van der Waals surface area (Å²) < 4.78 is 37.8. The van der Waals surface area contributed by atoms with Crippen LogP contribution in [0, 0.1) is 5.92 Å². The van der Waals surface area contributed by atoms with Crippen molar-refractivity contribution in [1.82, 2.24) is 0 Å². The number of fused-ring (bicyclic) bond motifs is 1. The number of carbonyl (C=O) groups is 2. The van der Waals surface area contributed by atoms with Gasteiger partial charge in [0, 0.05) is 11.5 Å². The summed E-state index contributed by atoms with van der Waals surface area (Å²) in [5, 5.41) is 0. The Bertz CT molecular complexity index is 942. The van der Waals surface area contributed by atoms with E-state index in [9.17, 15) is 9.59 Å². The van der Waals surface area contributed by atoms with Crippen molar-refractivity contribution >= 4 is 11.6 Å². The Hall–Kier alpha value is -3.36. The summed E-state index contributed by atoms with van der Waals surface area (Å²) in [4.78, 5) is 25.9. The molecule has 30 heavy (non-hydrogen) atoms. The number of hydrogen-bond acceptors (Lipinski definition) is 9. The molecule has 0 bridgehead atoms. The third kappa shape index (κ3) is 3.20. The molecular formula is C21H24O9. The van der Waals surface area contributed by atoms with Crippen LogP contribution in [0.3, 0.4) is 0 Å². The van der Waals surface area contributed by atoms with Crippen LogP contribution in [0.4, 0.5) is 0 Å². The van der Waals surface area contributed by atoms with Crippen LogP contribution in [0.2, 0.25) is 0 Å². The zero-order valence-corrected chi connectivity index (χ0v) is 17.7. The maximum Gasteiger partial charge on any atom is 0.266 e. The number of benzene rings is 1. The van der Waals surface area contributed by atoms with Gasteiger partial charge in [-0.3, -0.25) is 9.59 Å². The van der Waals surface area contributed by atoms with Gasteiger partial charge in [0.05, 0.1) is 54.8 Å². The lowest BCUT2D eigenvalue weighted by molar-refractivity contribution is -0.124. The summed E-state index contributed by atoms with van der Waals surface area (Å²) in [5.41, 5.74) is 0.920. The molecule has 0 saturated carbocycles. The fourth-order valence-corrected chi connectivity index (χ4v) is 3.79. The van der Waals surface area contributed by atoms with Crippen LogP contribution in [0.1, 0.15) is 5.56 Å². The molecule has 1 heterocycles. The SMILES string of the molecule is COC1=C(OC)C(=O)C(C2COc3c(cc(OC)c(OC)c3OC)C2)=C(OC)C1=O. The average Bonchev–Trinajstić information content (AvgIpc) is 2.77. The number of ketones is 2. The molecule has 1 aliphatic carbocycles. The van der Waals surface area contributed by atoms with Crippen molar-refractivity contribution in [1.29, 1.82) is 0 Å². The van der Waals surface area contributed by atoms with Gasteiger partial charge in [0.2, 0.25) is 28.8 Å². The van der Waals surface area contributed by atoms with Crippen LogP contribution >= 0.6 is 0 Å². The van der Waals surface area contributed by atoms with E-state index in [-0.39, 0.29) is 29.5 Å². The van der Waals surface area contributed by atoms with Crippen molar-refractivity contribution in [2.75, 3.05) is 49.3 Å². The predicted octanol–water partition coefficient (Wildman–Crippen LogP) is 1.82. The summed E-state index contributed by atoms with van der Waals surface area (Å²) in [6.07, 6.45) is 0.382. The highest BCUT2D eigenvalue weighted by Crippen LogP contribution is 2.49. The van der Waals surface area contributed by atoms with Crippen molar-refractivity contribution in [3.8, 4) is 23.0 Å². The van der Waals surface area contributed by atoms with E-state index in [1.54, 1.807) is 6.07 Å². The Labute approximate surface area is 174 Å². The molecule has 0 N–H and O–H groups in total. The molecule has 0 fully saturated rings. The van der Waals surface area contributed by atoms with Gasteiger partial charge in [-0.1, -0.05) is 0 Å². The van der Waals surface area contributed by atoms with E-state index in [1.165, 1.54) is 42.7 Å². The molecule has 0 aromatic heterocycles. The van der Waals surface area contributed by atoms with Crippen molar-refractivity contribution in [2.45, 2.75) is 6.42 Å². The van der Waals surface area contributed by atoms with E-state index in [2.05, 4.69) is 0 Å². The van der Waals surface area contributed by atoms with Gasteiger partial charge in [-0.15, -0.1) is 0 Å². The summed E-state index contributed by atoms with van der Waals surface area (Å²) in [5.74, 6) is -0.148. The molecule has 0 amide bonds. The number of ether oxygens (including phenoxy) is 7. The highest BCUT2D eigenvalue weighted by molar-refractivity contribution is 6.23. The van der Waals surface area contributed by atoms with Gasteiger partial charge in [0.1, 0.15) is 0 Å². The second kappa shape index (κ2) is 8.56. The zero-order chi connectivity index (χ0) is 22.0. The van der Waals surface area contributed by atoms with Gasteiger partial charge in [-0.2, -0.15) is 0 Å². The van der Waals surface area contributed by atoms with Gasteiger partial charge >= 0.3 is 0 Å². The molecule has 3 rings (SSSR count). The summed E-state index contributed by atoms with van der Waals surface area (Å²) in [6, 6.07) is 1.76. The number of hydrogen-bond donors (Lipinski definition) is 0. The number of methoxy groups -OCH3 is 6. The molecule has 1 aromatic carbocycles. The normalized spacial score (nSPS) is 18.5. The molecule has 0 saturated heterocycles. The molecule has 0 radical (unpaired) electrons.